The molecule has 1 N–H and O–H groups in total. The van der Waals surface area contributed by atoms with Crippen molar-refractivity contribution in [3.05, 3.63) is 48.4 Å². The standard InChI is InChI=1S/C15H17N5/c1-11(2)20-14-13(9-16-10-18-14)19-15(20)17-8-12-6-4-3-5-7-12/h3-7,9-11H,8H2,1-2H3,(H,17,19). The molecule has 102 valence electrons. The molecule has 0 spiro atoms. The number of fused-ring (bicyclic) bond motifs is 1. The molecule has 0 atom stereocenters. The summed E-state index contributed by atoms with van der Waals surface area (Å²) in [5, 5.41) is 3.38. The van der Waals surface area contributed by atoms with Crippen molar-refractivity contribution in [2.75, 3.05) is 5.32 Å². The molecule has 0 fully saturated rings. The normalized spacial score (nSPS) is 11.2. The lowest BCUT2D eigenvalue weighted by Crippen LogP contribution is -2.09. The van der Waals surface area contributed by atoms with E-state index in [1.165, 1.54) is 5.56 Å². The van der Waals surface area contributed by atoms with Crippen molar-refractivity contribution in [3.63, 3.8) is 0 Å². The zero-order valence-corrected chi connectivity index (χ0v) is 11.6. The molecule has 0 aliphatic carbocycles. The summed E-state index contributed by atoms with van der Waals surface area (Å²) in [5.74, 6) is 0.833. The molecular formula is C15H17N5. The molecular weight excluding hydrogens is 250 g/mol. The van der Waals surface area contributed by atoms with Crippen LogP contribution in [0.4, 0.5) is 5.95 Å². The van der Waals surface area contributed by atoms with Crippen molar-refractivity contribution in [2.45, 2.75) is 26.4 Å². The van der Waals surface area contributed by atoms with Crippen LogP contribution in [-0.2, 0) is 6.54 Å². The first-order valence-corrected chi connectivity index (χ1v) is 6.71. The number of benzene rings is 1. The Morgan fingerprint density at radius 1 is 1.20 bits per heavy atom. The second kappa shape index (κ2) is 5.28. The van der Waals surface area contributed by atoms with E-state index >= 15 is 0 Å². The van der Waals surface area contributed by atoms with Crippen LogP contribution in [-0.4, -0.2) is 19.5 Å². The number of rotatable bonds is 4. The monoisotopic (exact) mass is 267 g/mol. The lowest BCUT2D eigenvalue weighted by atomic mass is 10.2. The van der Waals surface area contributed by atoms with Gasteiger partial charge < -0.3 is 5.32 Å². The van der Waals surface area contributed by atoms with Gasteiger partial charge in [-0.25, -0.2) is 15.0 Å². The molecule has 2 aromatic heterocycles. The van der Waals surface area contributed by atoms with Crippen LogP contribution < -0.4 is 5.32 Å². The summed E-state index contributed by atoms with van der Waals surface area (Å²) in [6.07, 6.45) is 3.30. The fraction of sp³-hybridized carbons (Fsp3) is 0.267. The van der Waals surface area contributed by atoms with Crippen LogP contribution in [0, 0.1) is 0 Å². The number of aromatic nitrogens is 4. The number of hydrogen-bond acceptors (Lipinski definition) is 4. The maximum absolute atomic E-state index is 4.58. The lowest BCUT2D eigenvalue weighted by Gasteiger charge is -2.13. The maximum atomic E-state index is 4.58. The third kappa shape index (κ3) is 2.34. The molecule has 0 amide bonds. The van der Waals surface area contributed by atoms with Crippen molar-refractivity contribution in [3.8, 4) is 0 Å². The van der Waals surface area contributed by atoms with E-state index in [0.29, 0.717) is 0 Å². The highest BCUT2D eigenvalue weighted by Crippen LogP contribution is 2.22. The summed E-state index contributed by atoms with van der Waals surface area (Å²) in [5.41, 5.74) is 2.91. The van der Waals surface area contributed by atoms with Gasteiger partial charge in [-0.15, -0.1) is 0 Å². The average molecular weight is 267 g/mol. The number of nitrogens with one attached hydrogen (secondary N) is 1. The third-order valence-corrected chi connectivity index (χ3v) is 3.17. The molecule has 0 radical (unpaired) electrons. The third-order valence-electron chi connectivity index (χ3n) is 3.17. The predicted molar refractivity (Wildman–Crippen MR) is 79.5 cm³/mol. The first-order valence-electron chi connectivity index (χ1n) is 6.71. The molecule has 0 saturated carbocycles. The molecule has 0 unspecified atom stereocenters. The number of anilines is 1. The molecule has 5 heteroatoms. The van der Waals surface area contributed by atoms with Gasteiger partial charge in [0, 0.05) is 12.6 Å². The SMILES string of the molecule is CC(C)n1c(NCc2ccccc2)nc2cncnc21. The van der Waals surface area contributed by atoms with Crippen molar-refractivity contribution in [1.29, 1.82) is 0 Å². The van der Waals surface area contributed by atoms with Gasteiger partial charge >= 0.3 is 0 Å². The zero-order chi connectivity index (χ0) is 13.9. The summed E-state index contributed by atoms with van der Waals surface area (Å²) in [7, 11) is 0. The Morgan fingerprint density at radius 3 is 2.75 bits per heavy atom. The van der Waals surface area contributed by atoms with Gasteiger partial charge in [-0.1, -0.05) is 30.3 Å². The Balaban J connectivity index is 1.93. The number of imidazole rings is 1. The van der Waals surface area contributed by atoms with Gasteiger partial charge in [-0.2, -0.15) is 0 Å². The van der Waals surface area contributed by atoms with Gasteiger partial charge in [0.25, 0.3) is 0 Å². The van der Waals surface area contributed by atoms with Gasteiger partial charge in [-0.3, -0.25) is 4.57 Å². The molecule has 0 bridgehead atoms. The van der Waals surface area contributed by atoms with Crippen LogP contribution in [0.2, 0.25) is 0 Å². The lowest BCUT2D eigenvalue weighted by molar-refractivity contribution is 0.617. The smallest absolute Gasteiger partial charge is 0.205 e. The van der Waals surface area contributed by atoms with Gasteiger partial charge in [-0.05, 0) is 19.4 Å². The van der Waals surface area contributed by atoms with Crippen molar-refractivity contribution in [2.24, 2.45) is 0 Å². The van der Waals surface area contributed by atoms with E-state index in [-0.39, 0.29) is 6.04 Å². The van der Waals surface area contributed by atoms with Crippen LogP contribution in [0.25, 0.3) is 11.2 Å². The molecule has 3 aromatic rings. The zero-order valence-electron chi connectivity index (χ0n) is 11.6. The molecule has 3 rings (SSSR count). The van der Waals surface area contributed by atoms with Crippen LogP contribution in [0.5, 0.6) is 0 Å². The number of nitrogens with zero attached hydrogens (tertiary/aromatic N) is 4. The fourth-order valence-corrected chi connectivity index (χ4v) is 2.24. The Labute approximate surface area is 117 Å². The first-order chi connectivity index (χ1) is 9.75. The molecule has 0 saturated heterocycles. The van der Waals surface area contributed by atoms with Gasteiger partial charge in [0.15, 0.2) is 5.65 Å². The van der Waals surface area contributed by atoms with Crippen molar-refractivity contribution < 1.29 is 0 Å². The minimum absolute atomic E-state index is 0.285. The minimum atomic E-state index is 0.285. The molecule has 0 aliphatic rings. The summed E-state index contributed by atoms with van der Waals surface area (Å²) < 4.78 is 2.10. The topological polar surface area (TPSA) is 55.6 Å². The van der Waals surface area contributed by atoms with E-state index in [1.807, 2.05) is 18.2 Å². The maximum Gasteiger partial charge on any atom is 0.205 e. The Bertz CT molecular complexity index is 703. The summed E-state index contributed by atoms with van der Waals surface area (Å²) in [6.45, 7) is 4.98. The van der Waals surface area contributed by atoms with E-state index in [4.69, 9.17) is 0 Å². The molecule has 0 aliphatic heterocycles. The van der Waals surface area contributed by atoms with Crippen LogP contribution in [0.15, 0.2) is 42.9 Å². The van der Waals surface area contributed by atoms with E-state index in [0.717, 1.165) is 23.7 Å². The highest BCUT2D eigenvalue weighted by Gasteiger charge is 2.13. The summed E-state index contributed by atoms with van der Waals surface area (Å²) in [6, 6.07) is 10.6. The quantitative estimate of drug-likeness (QED) is 0.789. The van der Waals surface area contributed by atoms with E-state index < -0.39 is 0 Å². The second-order valence-electron chi connectivity index (χ2n) is 4.97. The van der Waals surface area contributed by atoms with Crippen LogP contribution in [0.3, 0.4) is 0 Å². The van der Waals surface area contributed by atoms with Crippen molar-refractivity contribution >= 4 is 17.1 Å². The molecule has 2 heterocycles. The molecule has 5 nitrogen and oxygen atoms in total. The van der Waals surface area contributed by atoms with Gasteiger partial charge in [0.05, 0.1) is 6.20 Å². The molecule has 20 heavy (non-hydrogen) atoms. The van der Waals surface area contributed by atoms with Gasteiger partial charge in [0.1, 0.15) is 11.8 Å². The minimum Gasteiger partial charge on any atom is -0.352 e. The largest absolute Gasteiger partial charge is 0.352 e. The Kier molecular flexibility index (Phi) is 3.33. The Hall–Kier alpha value is -2.43. The second-order valence-corrected chi connectivity index (χ2v) is 4.97. The first kappa shape index (κ1) is 12.6. The summed E-state index contributed by atoms with van der Waals surface area (Å²) >= 11 is 0. The highest BCUT2D eigenvalue weighted by molar-refractivity contribution is 5.73. The number of hydrogen-bond donors (Lipinski definition) is 1. The fourth-order valence-electron chi connectivity index (χ4n) is 2.24. The van der Waals surface area contributed by atoms with Gasteiger partial charge in [0.2, 0.25) is 5.95 Å². The van der Waals surface area contributed by atoms with Crippen molar-refractivity contribution in [1.82, 2.24) is 19.5 Å². The highest BCUT2D eigenvalue weighted by atomic mass is 15.2. The van der Waals surface area contributed by atoms with E-state index in [2.05, 4.69) is 50.8 Å². The Morgan fingerprint density at radius 2 is 2.00 bits per heavy atom. The predicted octanol–water partition coefficient (Wildman–Crippen LogP) is 3.02. The van der Waals surface area contributed by atoms with Crippen LogP contribution in [0.1, 0.15) is 25.5 Å². The summed E-state index contributed by atoms with van der Waals surface area (Å²) in [4.78, 5) is 12.9. The van der Waals surface area contributed by atoms with E-state index in [1.54, 1.807) is 12.5 Å². The molecule has 1 aromatic carbocycles. The van der Waals surface area contributed by atoms with Crippen LogP contribution >= 0.6 is 0 Å². The van der Waals surface area contributed by atoms with E-state index in [9.17, 15) is 0 Å². The average Bonchev–Trinajstić information content (AvgIpc) is 2.84.